The summed E-state index contributed by atoms with van der Waals surface area (Å²) >= 11 is 9.62. The summed E-state index contributed by atoms with van der Waals surface area (Å²) in [5, 5.41) is 0.0585. The molecule has 1 saturated carbocycles. The fraction of sp³-hybridized carbons (Fsp3) is 0.538. The lowest BCUT2D eigenvalue weighted by atomic mass is 9.94. The van der Waals surface area contributed by atoms with Crippen molar-refractivity contribution in [2.45, 2.75) is 37.1 Å². The molecule has 2 atom stereocenters. The van der Waals surface area contributed by atoms with Crippen LogP contribution in [-0.4, -0.2) is 34.3 Å². The minimum atomic E-state index is -0.0555. The molecule has 1 fully saturated rings. The molecule has 2 unspecified atom stereocenters. The predicted molar refractivity (Wildman–Crippen MR) is 75.9 cm³/mol. The Hall–Kier alpha value is -0.610. The molecule has 0 spiro atoms. The molecule has 1 aromatic rings. The van der Waals surface area contributed by atoms with Gasteiger partial charge in [0.05, 0.1) is 5.38 Å². The van der Waals surface area contributed by atoms with E-state index in [9.17, 15) is 4.79 Å². The van der Waals surface area contributed by atoms with Gasteiger partial charge in [-0.2, -0.15) is 0 Å². The van der Waals surface area contributed by atoms with E-state index in [4.69, 9.17) is 11.6 Å². The Bertz CT molecular complexity index is 424. The first-order valence-electron chi connectivity index (χ1n) is 6.12. The number of rotatable bonds is 2. The number of pyridine rings is 1. The third-order valence-corrected chi connectivity index (χ3v) is 4.39. The summed E-state index contributed by atoms with van der Waals surface area (Å²) < 4.78 is 0.870. The summed E-state index contributed by atoms with van der Waals surface area (Å²) in [7, 11) is 1.82. The first-order chi connectivity index (χ1) is 8.59. The second kappa shape index (κ2) is 6.02. The average Bonchev–Trinajstić information content (AvgIpc) is 2.38. The largest absolute Gasteiger partial charge is 0.336 e. The number of amides is 1. The van der Waals surface area contributed by atoms with Crippen molar-refractivity contribution in [2.75, 3.05) is 7.05 Å². The van der Waals surface area contributed by atoms with Gasteiger partial charge < -0.3 is 4.90 Å². The molecule has 5 heteroatoms. The first-order valence-corrected chi connectivity index (χ1v) is 7.35. The van der Waals surface area contributed by atoms with Crippen LogP contribution < -0.4 is 0 Å². The SMILES string of the molecule is CN(C(=O)c1ccc(Br)cn1)C1CCCCC1Cl. The fourth-order valence-electron chi connectivity index (χ4n) is 2.34. The van der Waals surface area contributed by atoms with Gasteiger partial charge in [-0.3, -0.25) is 4.79 Å². The maximum absolute atomic E-state index is 12.3. The summed E-state index contributed by atoms with van der Waals surface area (Å²) in [6, 6.07) is 3.68. The number of aromatic nitrogens is 1. The molecule has 3 nitrogen and oxygen atoms in total. The minimum absolute atomic E-state index is 0.0555. The molecule has 2 rings (SSSR count). The van der Waals surface area contributed by atoms with Gasteiger partial charge in [0.2, 0.25) is 0 Å². The van der Waals surface area contributed by atoms with Crippen LogP contribution in [0.1, 0.15) is 36.2 Å². The molecule has 1 aliphatic rings. The van der Waals surface area contributed by atoms with Crippen molar-refractivity contribution in [3.63, 3.8) is 0 Å². The predicted octanol–water partition coefficient (Wildman–Crippen LogP) is 3.47. The maximum atomic E-state index is 12.3. The standard InChI is InChI=1S/C13H16BrClN2O/c1-17(12-5-3-2-4-10(12)15)13(18)11-7-6-9(14)8-16-11/h6-8,10,12H,2-5H2,1H3. The third-order valence-electron chi connectivity index (χ3n) is 3.41. The summed E-state index contributed by atoms with van der Waals surface area (Å²) in [4.78, 5) is 18.2. The van der Waals surface area contributed by atoms with Crippen LogP contribution in [0.15, 0.2) is 22.8 Å². The van der Waals surface area contributed by atoms with E-state index in [1.54, 1.807) is 17.2 Å². The highest BCUT2D eigenvalue weighted by molar-refractivity contribution is 9.10. The van der Waals surface area contributed by atoms with Gasteiger partial charge in [-0.05, 0) is 40.9 Å². The lowest BCUT2D eigenvalue weighted by molar-refractivity contribution is 0.0694. The summed E-state index contributed by atoms with van der Waals surface area (Å²) in [6.07, 6.45) is 5.90. The van der Waals surface area contributed by atoms with E-state index in [1.165, 1.54) is 0 Å². The topological polar surface area (TPSA) is 33.2 Å². The molecule has 1 aliphatic carbocycles. The average molecular weight is 332 g/mol. The minimum Gasteiger partial charge on any atom is -0.336 e. The van der Waals surface area contributed by atoms with Crippen LogP contribution in [0.25, 0.3) is 0 Å². The van der Waals surface area contributed by atoms with Crippen LogP contribution in [-0.2, 0) is 0 Å². The van der Waals surface area contributed by atoms with Crippen molar-refractivity contribution in [1.29, 1.82) is 0 Å². The van der Waals surface area contributed by atoms with Gasteiger partial charge in [0.1, 0.15) is 5.69 Å². The fourth-order valence-corrected chi connectivity index (χ4v) is 3.02. The number of hydrogen-bond acceptors (Lipinski definition) is 2. The summed E-state index contributed by atoms with van der Waals surface area (Å²) in [6.45, 7) is 0. The van der Waals surface area contributed by atoms with Crippen LogP contribution in [0.3, 0.4) is 0 Å². The van der Waals surface area contributed by atoms with Crippen molar-refractivity contribution in [2.24, 2.45) is 0 Å². The van der Waals surface area contributed by atoms with E-state index < -0.39 is 0 Å². The number of hydrogen-bond donors (Lipinski definition) is 0. The van der Waals surface area contributed by atoms with E-state index >= 15 is 0 Å². The second-order valence-electron chi connectivity index (χ2n) is 4.65. The van der Waals surface area contributed by atoms with Crippen LogP contribution in [0.4, 0.5) is 0 Å². The van der Waals surface area contributed by atoms with E-state index in [0.29, 0.717) is 5.69 Å². The monoisotopic (exact) mass is 330 g/mol. The highest BCUT2D eigenvalue weighted by atomic mass is 79.9. The highest BCUT2D eigenvalue weighted by Crippen LogP contribution is 2.27. The van der Waals surface area contributed by atoms with Crippen LogP contribution in [0.2, 0.25) is 0 Å². The zero-order valence-corrected chi connectivity index (χ0v) is 12.6. The summed E-state index contributed by atoms with van der Waals surface area (Å²) in [5.41, 5.74) is 0.468. The van der Waals surface area contributed by atoms with Crippen molar-refractivity contribution in [1.82, 2.24) is 9.88 Å². The molecule has 0 N–H and O–H groups in total. The molecule has 0 saturated heterocycles. The lowest BCUT2D eigenvalue weighted by Crippen LogP contribution is -2.44. The molecule has 1 aromatic heterocycles. The van der Waals surface area contributed by atoms with E-state index in [-0.39, 0.29) is 17.3 Å². The van der Waals surface area contributed by atoms with Crippen LogP contribution in [0.5, 0.6) is 0 Å². The lowest BCUT2D eigenvalue weighted by Gasteiger charge is -2.34. The van der Waals surface area contributed by atoms with Crippen molar-refractivity contribution >= 4 is 33.4 Å². The normalized spacial score (nSPS) is 23.7. The van der Waals surface area contributed by atoms with Crippen molar-refractivity contribution in [3.8, 4) is 0 Å². The van der Waals surface area contributed by atoms with Crippen LogP contribution >= 0.6 is 27.5 Å². The van der Waals surface area contributed by atoms with E-state index in [1.807, 2.05) is 13.1 Å². The Balaban J connectivity index is 2.10. The molecule has 1 amide bonds. The number of carbonyl (C=O) groups excluding carboxylic acids is 1. The van der Waals surface area contributed by atoms with Gasteiger partial charge in [0.15, 0.2) is 0 Å². The van der Waals surface area contributed by atoms with Gasteiger partial charge >= 0.3 is 0 Å². The first kappa shape index (κ1) is 13.8. The van der Waals surface area contributed by atoms with Crippen molar-refractivity contribution < 1.29 is 4.79 Å². The number of nitrogens with zero attached hydrogens (tertiary/aromatic N) is 2. The molecule has 18 heavy (non-hydrogen) atoms. The smallest absolute Gasteiger partial charge is 0.272 e. The molecular weight excluding hydrogens is 316 g/mol. The zero-order valence-electron chi connectivity index (χ0n) is 10.3. The molecule has 98 valence electrons. The Morgan fingerprint density at radius 3 is 2.78 bits per heavy atom. The Morgan fingerprint density at radius 1 is 1.44 bits per heavy atom. The second-order valence-corrected chi connectivity index (χ2v) is 6.12. The molecule has 0 aromatic carbocycles. The summed E-state index contributed by atoms with van der Waals surface area (Å²) in [5.74, 6) is -0.0555. The van der Waals surface area contributed by atoms with Gasteiger partial charge in [-0.15, -0.1) is 11.6 Å². The Labute approximate surface area is 121 Å². The van der Waals surface area contributed by atoms with E-state index in [0.717, 1.165) is 30.2 Å². The molecule has 1 heterocycles. The van der Waals surface area contributed by atoms with Crippen molar-refractivity contribution in [3.05, 3.63) is 28.5 Å². The molecular formula is C13H16BrClN2O. The molecule has 0 bridgehead atoms. The Morgan fingerprint density at radius 2 is 2.17 bits per heavy atom. The van der Waals surface area contributed by atoms with Gasteiger partial charge in [-0.1, -0.05) is 12.8 Å². The number of alkyl halides is 1. The Kier molecular flexibility index (Phi) is 4.62. The van der Waals surface area contributed by atoms with Crippen LogP contribution in [0, 0.1) is 0 Å². The van der Waals surface area contributed by atoms with E-state index in [2.05, 4.69) is 20.9 Å². The number of carbonyl (C=O) groups is 1. The third kappa shape index (κ3) is 3.04. The van der Waals surface area contributed by atoms with Gasteiger partial charge in [-0.25, -0.2) is 4.98 Å². The maximum Gasteiger partial charge on any atom is 0.272 e. The zero-order chi connectivity index (χ0) is 13.1. The van der Waals surface area contributed by atoms with Gasteiger partial charge in [0, 0.05) is 23.8 Å². The molecule has 0 aliphatic heterocycles. The molecule has 0 radical (unpaired) electrons. The number of halogens is 2. The van der Waals surface area contributed by atoms with Gasteiger partial charge in [0.25, 0.3) is 5.91 Å². The highest BCUT2D eigenvalue weighted by Gasteiger charge is 2.30. The quantitative estimate of drug-likeness (QED) is 0.778.